The van der Waals surface area contributed by atoms with E-state index in [4.69, 9.17) is 5.11 Å². The quantitative estimate of drug-likeness (QED) is 0.629. The predicted molar refractivity (Wildman–Crippen MR) is 46.0 cm³/mol. The maximum absolute atomic E-state index is 11.0. The first kappa shape index (κ1) is 10.1. The summed E-state index contributed by atoms with van der Waals surface area (Å²) in [4.78, 5) is 21.4. The average Bonchev–Trinajstić information content (AvgIpc) is 2.03. The number of nitrogens with zero attached hydrogens (tertiary/aromatic N) is 1. The summed E-state index contributed by atoms with van der Waals surface area (Å²) in [7, 11) is 0. The molecule has 74 valence electrons. The Morgan fingerprint density at radius 2 is 2.31 bits per heavy atom. The molecule has 0 spiro atoms. The van der Waals surface area contributed by atoms with Gasteiger partial charge in [0.05, 0.1) is 6.04 Å². The van der Waals surface area contributed by atoms with Crippen molar-refractivity contribution in [2.24, 2.45) is 0 Å². The SMILES string of the molecule is CC(=O)C1CCCN(CC(=O)O)N1. The van der Waals surface area contributed by atoms with Crippen LogP contribution in [0, 0.1) is 0 Å². The fraction of sp³-hybridized carbons (Fsp3) is 0.750. The number of carbonyl (C=O) groups excluding carboxylic acids is 1. The van der Waals surface area contributed by atoms with E-state index < -0.39 is 5.97 Å². The molecule has 1 saturated heterocycles. The molecule has 1 aliphatic heterocycles. The van der Waals surface area contributed by atoms with Crippen LogP contribution in [0.5, 0.6) is 0 Å². The second-order valence-electron chi connectivity index (χ2n) is 3.25. The van der Waals surface area contributed by atoms with Crippen molar-refractivity contribution in [2.75, 3.05) is 13.1 Å². The highest BCUT2D eigenvalue weighted by Crippen LogP contribution is 2.07. The van der Waals surface area contributed by atoms with Crippen LogP contribution < -0.4 is 5.43 Å². The fourth-order valence-electron chi connectivity index (χ4n) is 1.42. The minimum atomic E-state index is -0.878. The molecule has 13 heavy (non-hydrogen) atoms. The molecular weight excluding hydrogens is 172 g/mol. The molecule has 0 aromatic rings. The summed E-state index contributed by atoms with van der Waals surface area (Å²) in [6, 6.07) is -0.201. The molecule has 0 aromatic heterocycles. The maximum Gasteiger partial charge on any atom is 0.319 e. The largest absolute Gasteiger partial charge is 0.480 e. The fourth-order valence-corrected chi connectivity index (χ4v) is 1.42. The van der Waals surface area contributed by atoms with Gasteiger partial charge in [-0.25, -0.2) is 10.4 Å². The molecule has 0 bridgehead atoms. The molecule has 5 nitrogen and oxygen atoms in total. The van der Waals surface area contributed by atoms with Crippen LogP contribution in [-0.4, -0.2) is 41.0 Å². The van der Waals surface area contributed by atoms with Crippen LogP contribution >= 0.6 is 0 Å². The van der Waals surface area contributed by atoms with Crippen molar-refractivity contribution in [1.29, 1.82) is 0 Å². The molecule has 0 aromatic carbocycles. The molecular formula is C8H14N2O3. The van der Waals surface area contributed by atoms with E-state index in [1.165, 1.54) is 6.92 Å². The number of ketones is 1. The Balaban J connectivity index is 2.41. The molecule has 1 aliphatic rings. The highest BCUT2D eigenvalue weighted by Gasteiger charge is 2.23. The Hall–Kier alpha value is -0.940. The van der Waals surface area contributed by atoms with Crippen molar-refractivity contribution < 1.29 is 14.7 Å². The van der Waals surface area contributed by atoms with Crippen LogP contribution in [-0.2, 0) is 9.59 Å². The van der Waals surface area contributed by atoms with E-state index in [2.05, 4.69) is 5.43 Å². The molecule has 0 aliphatic carbocycles. The third-order valence-electron chi connectivity index (χ3n) is 2.08. The summed E-state index contributed by atoms with van der Waals surface area (Å²) < 4.78 is 0. The van der Waals surface area contributed by atoms with Gasteiger partial charge in [-0.1, -0.05) is 0 Å². The monoisotopic (exact) mass is 186 g/mol. The highest BCUT2D eigenvalue weighted by molar-refractivity contribution is 5.81. The van der Waals surface area contributed by atoms with Gasteiger partial charge in [-0.3, -0.25) is 9.59 Å². The second kappa shape index (κ2) is 4.34. The highest BCUT2D eigenvalue weighted by atomic mass is 16.4. The number of rotatable bonds is 3. The van der Waals surface area contributed by atoms with Crippen molar-refractivity contribution in [3.63, 3.8) is 0 Å². The first-order valence-electron chi connectivity index (χ1n) is 4.33. The van der Waals surface area contributed by atoms with Gasteiger partial charge in [-0.05, 0) is 19.8 Å². The van der Waals surface area contributed by atoms with E-state index >= 15 is 0 Å². The number of Topliss-reactive ketones (excluding diaryl/α,β-unsaturated/α-hetero) is 1. The lowest BCUT2D eigenvalue weighted by Gasteiger charge is -2.31. The van der Waals surface area contributed by atoms with Gasteiger partial charge in [-0.15, -0.1) is 0 Å². The van der Waals surface area contributed by atoms with Crippen LogP contribution in [0.1, 0.15) is 19.8 Å². The average molecular weight is 186 g/mol. The van der Waals surface area contributed by atoms with Gasteiger partial charge in [0.1, 0.15) is 12.3 Å². The van der Waals surface area contributed by atoms with Crippen molar-refractivity contribution in [2.45, 2.75) is 25.8 Å². The number of carboxylic acid groups (broad SMARTS) is 1. The first-order valence-corrected chi connectivity index (χ1v) is 4.33. The lowest BCUT2D eigenvalue weighted by molar-refractivity contribution is -0.140. The number of hydrogen-bond donors (Lipinski definition) is 2. The molecule has 0 radical (unpaired) electrons. The Morgan fingerprint density at radius 3 is 2.85 bits per heavy atom. The predicted octanol–water partition coefficient (Wildman–Crippen LogP) is -0.371. The molecule has 1 fully saturated rings. The normalized spacial score (nSPS) is 24.2. The molecule has 2 N–H and O–H groups in total. The summed E-state index contributed by atoms with van der Waals surface area (Å²) in [5, 5.41) is 10.1. The maximum atomic E-state index is 11.0. The summed E-state index contributed by atoms with van der Waals surface area (Å²) in [5.41, 5.74) is 2.89. The van der Waals surface area contributed by atoms with E-state index in [1.54, 1.807) is 5.01 Å². The number of carbonyl (C=O) groups is 2. The van der Waals surface area contributed by atoms with Crippen molar-refractivity contribution in [3.8, 4) is 0 Å². The minimum Gasteiger partial charge on any atom is -0.480 e. The van der Waals surface area contributed by atoms with Crippen LogP contribution in [0.25, 0.3) is 0 Å². The van der Waals surface area contributed by atoms with E-state index in [-0.39, 0.29) is 18.4 Å². The van der Waals surface area contributed by atoms with Crippen molar-refractivity contribution in [1.82, 2.24) is 10.4 Å². The van der Waals surface area contributed by atoms with E-state index in [1.807, 2.05) is 0 Å². The second-order valence-corrected chi connectivity index (χ2v) is 3.25. The number of hydrazine groups is 1. The summed E-state index contributed by atoms with van der Waals surface area (Å²) in [6.45, 7) is 2.15. The van der Waals surface area contributed by atoms with Gasteiger partial charge in [0.25, 0.3) is 0 Å². The molecule has 1 atom stereocenters. The Morgan fingerprint density at radius 1 is 1.62 bits per heavy atom. The molecule has 0 saturated carbocycles. The topological polar surface area (TPSA) is 69.6 Å². The lowest BCUT2D eigenvalue weighted by Crippen LogP contribution is -2.53. The molecule has 5 heteroatoms. The number of aliphatic carboxylic acids is 1. The summed E-state index contributed by atoms with van der Waals surface area (Å²) in [5.74, 6) is -0.813. The van der Waals surface area contributed by atoms with E-state index in [0.717, 1.165) is 12.8 Å². The third kappa shape index (κ3) is 3.12. The third-order valence-corrected chi connectivity index (χ3v) is 2.08. The number of nitrogens with one attached hydrogen (secondary N) is 1. The molecule has 0 amide bonds. The van der Waals surface area contributed by atoms with Gasteiger partial charge in [0.15, 0.2) is 0 Å². The van der Waals surface area contributed by atoms with Crippen molar-refractivity contribution in [3.05, 3.63) is 0 Å². The van der Waals surface area contributed by atoms with Gasteiger partial charge < -0.3 is 5.11 Å². The van der Waals surface area contributed by atoms with Crippen LogP contribution in [0.15, 0.2) is 0 Å². The summed E-state index contributed by atoms with van der Waals surface area (Å²) >= 11 is 0. The van der Waals surface area contributed by atoms with E-state index in [0.29, 0.717) is 6.54 Å². The first-order chi connectivity index (χ1) is 6.09. The van der Waals surface area contributed by atoms with E-state index in [9.17, 15) is 9.59 Å². The minimum absolute atomic E-state index is 0.0518. The number of carboxylic acids is 1. The zero-order valence-electron chi connectivity index (χ0n) is 7.62. The smallest absolute Gasteiger partial charge is 0.319 e. The zero-order chi connectivity index (χ0) is 9.84. The lowest BCUT2D eigenvalue weighted by atomic mass is 10.1. The van der Waals surface area contributed by atoms with Gasteiger partial charge >= 0.3 is 5.97 Å². The molecule has 1 unspecified atom stereocenters. The standard InChI is InChI=1S/C8H14N2O3/c1-6(11)7-3-2-4-10(9-7)5-8(12)13/h7,9H,2-5H2,1H3,(H,12,13). The summed E-state index contributed by atoms with van der Waals surface area (Å²) in [6.07, 6.45) is 1.66. The molecule has 1 rings (SSSR count). The van der Waals surface area contributed by atoms with Crippen molar-refractivity contribution >= 4 is 11.8 Å². The Bertz CT molecular complexity index is 217. The number of hydrogen-bond acceptors (Lipinski definition) is 4. The zero-order valence-corrected chi connectivity index (χ0v) is 7.62. The van der Waals surface area contributed by atoms with Gasteiger partial charge in [-0.2, -0.15) is 0 Å². The Labute approximate surface area is 76.7 Å². The van der Waals surface area contributed by atoms with Gasteiger partial charge in [0.2, 0.25) is 0 Å². The van der Waals surface area contributed by atoms with Crippen LogP contribution in [0.2, 0.25) is 0 Å². The van der Waals surface area contributed by atoms with Crippen LogP contribution in [0.3, 0.4) is 0 Å². The van der Waals surface area contributed by atoms with Gasteiger partial charge in [0, 0.05) is 6.54 Å². The Kier molecular flexibility index (Phi) is 3.39. The molecule has 1 heterocycles. The van der Waals surface area contributed by atoms with Crippen LogP contribution in [0.4, 0.5) is 0 Å².